The summed E-state index contributed by atoms with van der Waals surface area (Å²) in [6.07, 6.45) is 0. The Balaban J connectivity index is 2.45. The maximum atomic E-state index is 6.18. The van der Waals surface area contributed by atoms with Gasteiger partial charge in [0.25, 0.3) is 0 Å². The molecule has 1 nitrogen and oxygen atoms in total. The molecule has 0 aliphatic carbocycles. The van der Waals surface area contributed by atoms with Gasteiger partial charge in [0.15, 0.2) is 0 Å². The third-order valence-corrected chi connectivity index (χ3v) is 4.10. The number of halogens is 3. The van der Waals surface area contributed by atoms with E-state index in [0.717, 1.165) is 17.0 Å². The minimum atomic E-state index is 0.552. The smallest absolute Gasteiger partial charge is 0.0522 e. The average Bonchev–Trinajstić information content (AvgIpc) is 2.65. The second-order valence-corrected chi connectivity index (χ2v) is 5.76. The van der Waals surface area contributed by atoms with E-state index in [4.69, 9.17) is 34.8 Å². The summed E-state index contributed by atoms with van der Waals surface area (Å²) in [4.78, 5) is 1.06. The van der Waals surface area contributed by atoms with E-state index in [2.05, 4.69) is 16.8 Å². The second kappa shape index (κ2) is 5.59. The molecule has 2 aromatic rings. The van der Waals surface area contributed by atoms with E-state index in [1.807, 2.05) is 7.05 Å². The second-order valence-electron chi connectivity index (χ2n) is 3.59. The summed E-state index contributed by atoms with van der Waals surface area (Å²) in [7, 11) is 1.92. The standard InChI is InChI=1S/C12H10Cl3NS/c1-16-5-7-2-11(17-6-7)12-9(14)3-8(13)4-10(12)15/h2-4,6,16H,5H2,1H3. The van der Waals surface area contributed by atoms with Gasteiger partial charge in [0, 0.05) is 22.0 Å². The van der Waals surface area contributed by atoms with Crippen molar-refractivity contribution >= 4 is 46.1 Å². The molecule has 90 valence electrons. The van der Waals surface area contributed by atoms with Crippen LogP contribution in [-0.4, -0.2) is 7.05 Å². The lowest BCUT2D eigenvalue weighted by molar-refractivity contribution is 0.821. The van der Waals surface area contributed by atoms with Crippen molar-refractivity contribution in [2.75, 3.05) is 7.05 Å². The van der Waals surface area contributed by atoms with Crippen LogP contribution < -0.4 is 5.32 Å². The maximum absolute atomic E-state index is 6.18. The first-order valence-electron chi connectivity index (χ1n) is 4.98. The summed E-state index contributed by atoms with van der Waals surface area (Å²) < 4.78 is 0. The van der Waals surface area contributed by atoms with Crippen LogP contribution in [0.15, 0.2) is 23.6 Å². The molecule has 0 amide bonds. The highest BCUT2D eigenvalue weighted by Crippen LogP contribution is 2.40. The fourth-order valence-electron chi connectivity index (χ4n) is 1.58. The zero-order valence-corrected chi connectivity index (χ0v) is 12.1. The molecule has 0 unspecified atom stereocenters. The van der Waals surface area contributed by atoms with E-state index in [9.17, 15) is 0 Å². The van der Waals surface area contributed by atoms with Crippen molar-refractivity contribution < 1.29 is 0 Å². The zero-order valence-electron chi connectivity index (χ0n) is 9.06. The Bertz CT molecular complexity index is 513. The maximum Gasteiger partial charge on any atom is 0.0522 e. The molecule has 1 aromatic heterocycles. The number of hydrogen-bond donors (Lipinski definition) is 1. The topological polar surface area (TPSA) is 12.0 Å². The van der Waals surface area contributed by atoms with Crippen LogP contribution in [0.5, 0.6) is 0 Å². The van der Waals surface area contributed by atoms with Crippen LogP contribution >= 0.6 is 46.1 Å². The monoisotopic (exact) mass is 305 g/mol. The molecule has 0 saturated heterocycles. The fourth-order valence-corrected chi connectivity index (χ4v) is 3.70. The van der Waals surface area contributed by atoms with Crippen LogP contribution in [0, 0.1) is 0 Å². The number of rotatable bonds is 3. The summed E-state index contributed by atoms with van der Waals surface area (Å²) >= 11 is 19.9. The Hall–Kier alpha value is -0.250. The van der Waals surface area contributed by atoms with Gasteiger partial charge < -0.3 is 5.32 Å². The van der Waals surface area contributed by atoms with Crippen molar-refractivity contribution in [3.8, 4) is 10.4 Å². The van der Waals surface area contributed by atoms with Crippen LogP contribution in [0.4, 0.5) is 0 Å². The summed E-state index contributed by atoms with van der Waals surface area (Å²) in [5, 5.41) is 6.92. The number of nitrogens with one attached hydrogen (secondary N) is 1. The molecule has 1 heterocycles. The van der Waals surface area contributed by atoms with Crippen molar-refractivity contribution in [1.82, 2.24) is 5.32 Å². The fraction of sp³-hybridized carbons (Fsp3) is 0.167. The van der Waals surface area contributed by atoms with E-state index >= 15 is 0 Å². The largest absolute Gasteiger partial charge is 0.316 e. The molecule has 0 atom stereocenters. The van der Waals surface area contributed by atoms with Gasteiger partial charge in [-0.3, -0.25) is 0 Å². The first-order chi connectivity index (χ1) is 8.11. The Labute approximate surface area is 119 Å². The SMILES string of the molecule is CNCc1csc(-c2c(Cl)cc(Cl)cc2Cl)c1. The van der Waals surface area contributed by atoms with Gasteiger partial charge in [-0.2, -0.15) is 0 Å². The normalized spacial score (nSPS) is 10.8. The number of hydrogen-bond acceptors (Lipinski definition) is 2. The third-order valence-electron chi connectivity index (χ3n) is 2.29. The summed E-state index contributed by atoms with van der Waals surface area (Å²) in [5.74, 6) is 0. The Morgan fingerprint density at radius 2 is 1.76 bits per heavy atom. The average molecular weight is 307 g/mol. The number of benzene rings is 1. The Morgan fingerprint density at radius 3 is 2.35 bits per heavy atom. The first-order valence-corrected chi connectivity index (χ1v) is 7.00. The summed E-state index contributed by atoms with van der Waals surface area (Å²) in [6, 6.07) is 5.51. The van der Waals surface area contributed by atoms with Gasteiger partial charge >= 0.3 is 0 Å². The van der Waals surface area contributed by atoms with Crippen molar-refractivity contribution in [3.63, 3.8) is 0 Å². The lowest BCUT2D eigenvalue weighted by Crippen LogP contribution is -2.03. The predicted octanol–water partition coefficient (Wildman–Crippen LogP) is 5.09. The molecule has 17 heavy (non-hydrogen) atoms. The zero-order chi connectivity index (χ0) is 12.4. The molecule has 0 saturated carbocycles. The molecular weight excluding hydrogens is 297 g/mol. The molecule has 0 bridgehead atoms. The minimum absolute atomic E-state index is 0.552. The molecule has 0 aliphatic heterocycles. The summed E-state index contributed by atoms with van der Waals surface area (Å²) in [5.41, 5.74) is 2.07. The van der Waals surface area contributed by atoms with Crippen LogP contribution in [0.25, 0.3) is 10.4 Å². The molecule has 0 fully saturated rings. The van der Waals surface area contributed by atoms with E-state index in [1.165, 1.54) is 5.56 Å². The molecular formula is C12H10Cl3NS. The van der Waals surface area contributed by atoms with E-state index in [-0.39, 0.29) is 0 Å². The highest BCUT2D eigenvalue weighted by Gasteiger charge is 2.12. The molecule has 1 N–H and O–H groups in total. The highest BCUT2D eigenvalue weighted by molar-refractivity contribution is 7.13. The van der Waals surface area contributed by atoms with Gasteiger partial charge in [-0.15, -0.1) is 11.3 Å². The van der Waals surface area contributed by atoms with Crippen LogP contribution in [0.2, 0.25) is 15.1 Å². The molecule has 5 heteroatoms. The first kappa shape index (κ1) is 13.2. The quantitative estimate of drug-likeness (QED) is 0.832. The van der Waals surface area contributed by atoms with E-state index in [0.29, 0.717) is 15.1 Å². The Morgan fingerprint density at radius 1 is 1.12 bits per heavy atom. The molecule has 0 aliphatic rings. The Kier molecular flexibility index (Phi) is 4.34. The van der Waals surface area contributed by atoms with Gasteiger partial charge in [0.1, 0.15) is 0 Å². The van der Waals surface area contributed by atoms with Crippen molar-refractivity contribution in [2.24, 2.45) is 0 Å². The predicted molar refractivity (Wildman–Crippen MR) is 77.5 cm³/mol. The molecule has 2 rings (SSSR count). The molecule has 0 radical (unpaired) electrons. The van der Waals surface area contributed by atoms with Gasteiger partial charge in [0.2, 0.25) is 0 Å². The van der Waals surface area contributed by atoms with E-state index in [1.54, 1.807) is 23.5 Å². The molecule has 1 aromatic carbocycles. The third kappa shape index (κ3) is 2.95. The summed E-state index contributed by atoms with van der Waals surface area (Å²) in [6.45, 7) is 0.833. The van der Waals surface area contributed by atoms with Crippen LogP contribution in [0.1, 0.15) is 5.56 Å². The van der Waals surface area contributed by atoms with Crippen LogP contribution in [-0.2, 0) is 6.54 Å². The van der Waals surface area contributed by atoms with E-state index < -0.39 is 0 Å². The lowest BCUT2D eigenvalue weighted by atomic mass is 10.1. The van der Waals surface area contributed by atoms with Gasteiger partial charge in [-0.1, -0.05) is 34.8 Å². The van der Waals surface area contributed by atoms with Crippen LogP contribution in [0.3, 0.4) is 0 Å². The van der Waals surface area contributed by atoms with Gasteiger partial charge in [0.05, 0.1) is 10.0 Å². The van der Waals surface area contributed by atoms with Gasteiger partial charge in [-0.05, 0) is 36.2 Å². The minimum Gasteiger partial charge on any atom is -0.316 e. The van der Waals surface area contributed by atoms with Gasteiger partial charge in [-0.25, -0.2) is 0 Å². The lowest BCUT2D eigenvalue weighted by Gasteiger charge is -2.05. The van der Waals surface area contributed by atoms with Crippen molar-refractivity contribution in [2.45, 2.75) is 6.54 Å². The highest BCUT2D eigenvalue weighted by atomic mass is 35.5. The number of thiophene rings is 1. The van der Waals surface area contributed by atoms with Crippen molar-refractivity contribution in [1.29, 1.82) is 0 Å². The van der Waals surface area contributed by atoms with Crippen molar-refractivity contribution in [3.05, 3.63) is 44.2 Å². The molecule has 0 spiro atoms.